The van der Waals surface area contributed by atoms with E-state index in [9.17, 15) is 18.0 Å². The van der Waals surface area contributed by atoms with Crippen LogP contribution in [-0.4, -0.2) is 73.0 Å². The fourth-order valence-corrected chi connectivity index (χ4v) is 4.67. The predicted octanol–water partition coefficient (Wildman–Crippen LogP) is 0.935. The Labute approximate surface area is 172 Å². The number of carbonyl (C=O) groups excluding carboxylic acids is 2. The van der Waals surface area contributed by atoms with Crippen molar-refractivity contribution in [3.63, 3.8) is 0 Å². The minimum absolute atomic E-state index is 0.0126. The maximum atomic E-state index is 12.4. The summed E-state index contributed by atoms with van der Waals surface area (Å²) in [4.78, 5) is 28.7. The first-order chi connectivity index (χ1) is 13.9. The highest BCUT2D eigenvalue weighted by Gasteiger charge is 2.27. The lowest BCUT2D eigenvalue weighted by Crippen LogP contribution is -2.50. The van der Waals surface area contributed by atoms with Gasteiger partial charge in [0.1, 0.15) is 0 Å². The molecule has 3 amide bonds. The van der Waals surface area contributed by atoms with Crippen molar-refractivity contribution in [2.45, 2.75) is 39.2 Å². The van der Waals surface area contributed by atoms with Gasteiger partial charge in [-0.05, 0) is 24.5 Å². The standard InChI is InChI=1S/C19H31N5O4S/c1-17(25)23-10-12-24(13-11-23)29(27,28)14-5-3-2-4-9-21-19(26)22-16-18-7-6-8-20-15-18/h6-8,15H,2-5,9-14,16H2,1H3,(H2,21,22,26). The number of urea groups is 1. The number of rotatable bonds is 10. The molecule has 10 heteroatoms. The number of hydrogen-bond acceptors (Lipinski definition) is 5. The second-order valence-electron chi connectivity index (χ2n) is 7.11. The summed E-state index contributed by atoms with van der Waals surface area (Å²) >= 11 is 0. The van der Waals surface area contributed by atoms with Crippen molar-refractivity contribution < 1.29 is 18.0 Å². The summed E-state index contributed by atoms with van der Waals surface area (Å²) in [5.74, 6) is 0.118. The molecule has 162 valence electrons. The highest BCUT2D eigenvalue weighted by molar-refractivity contribution is 7.89. The number of sulfonamides is 1. The first-order valence-corrected chi connectivity index (χ1v) is 11.6. The van der Waals surface area contributed by atoms with Gasteiger partial charge in [-0.1, -0.05) is 18.9 Å². The Morgan fingerprint density at radius 2 is 1.79 bits per heavy atom. The van der Waals surface area contributed by atoms with E-state index in [4.69, 9.17) is 0 Å². The van der Waals surface area contributed by atoms with Crippen LogP contribution < -0.4 is 10.6 Å². The summed E-state index contributed by atoms with van der Waals surface area (Å²) in [5.41, 5.74) is 0.937. The molecule has 2 heterocycles. The second-order valence-corrected chi connectivity index (χ2v) is 9.19. The molecule has 1 saturated heterocycles. The van der Waals surface area contributed by atoms with Crippen LogP contribution in [0.15, 0.2) is 24.5 Å². The van der Waals surface area contributed by atoms with Gasteiger partial charge in [0.15, 0.2) is 0 Å². The highest BCUT2D eigenvalue weighted by atomic mass is 32.2. The molecule has 1 fully saturated rings. The Morgan fingerprint density at radius 3 is 2.45 bits per heavy atom. The van der Waals surface area contributed by atoms with Crippen LogP contribution >= 0.6 is 0 Å². The molecule has 1 aromatic rings. The molecule has 2 rings (SSSR count). The van der Waals surface area contributed by atoms with Crippen LogP contribution in [0.25, 0.3) is 0 Å². The smallest absolute Gasteiger partial charge is 0.315 e. The molecule has 0 bridgehead atoms. The number of aromatic nitrogens is 1. The molecule has 2 N–H and O–H groups in total. The summed E-state index contributed by atoms with van der Waals surface area (Å²) in [6, 6.07) is 3.49. The van der Waals surface area contributed by atoms with Crippen molar-refractivity contribution in [1.29, 1.82) is 0 Å². The van der Waals surface area contributed by atoms with Gasteiger partial charge >= 0.3 is 6.03 Å². The van der Waals surface area contributed by atoms with Gasteiger partial charge in [-0.3, -0.25) is 9.78 Å². The van der Waals surface area contributed by atoms with Gasteiger partial charge in [0.05, 0.1) is 5.75 Å². The Balaban J connectivity index is 1.51. The molecule has 9 nitrogen and oxygen atoms in total. The third-order valence-corrected chi connectivity index (χ3v) is 6.82. The first kappa shape index (κ1) is 23.1. The maximum Gasteiger partial charge on any atom is 0.315 e. The van der Waals surface area contributed by atoms with E-state index in [2.05, 4.69) is 15.6 Å². The summed E-state index contributed by atoms with van der Waals surface area (Å²) < 4.78 is 26.3. The van der Waals surface area contributed by atoms with E-state index in [-0.39, 0.29) is 17.7 Å². The molecule has 0 aliphatic carbocycles. The van der Waals surface area contributed by atoms with Crippen molar-refractivity contribution in [1.82, 2.24) is 24.8 Å². The highest BCUT2D eigenvalue weighted by Crippen LogP contribution is 2.11. The number of piperazine rings is 1. The molecule has 0 aromatic carbocycles. The van der Waals surface area contributed by atoms with E-state index < -0.39 is 10.0 Å². The van der Waals surface area contributed by atoms with Crippen molar-refractivity contribution in [3.8, 4) is 0 Å². The zero-order chi connectivity index (χ0) is 21.1. The number of hydrogen-bond donors (Lipinski definition) is 2. The monoisotopic (exact) mass is 425 g/mol. The van der Waals surface area contributed by atoms with Crippen LogP contribution in [-0.2, 0) is 21.4 Å². The number of nitrogens with zero attached hydrogens (tertiary/aromatic N) is 3. The van der Waals surface area contributed by atoms with Gasteiger partial charge in [0.25, 0.3) is 0 Å². The van der Waals surface area contributed by atoms with Crippen LogP contribution in [0.5, 0.6) is 0 Å². The first-order valence-electron chi connectivity index (χ1n) is 10.0. The van der Waals surface area contributed by atoms with E-state index in [1.165, 1.54) is 11.2 Å². The molecular weight excluding hydrogens is 394 g/mol. The quantitative estimate of drug-likeness (QED) is 0.542. The lowest BCUT2D eigenvalue weighted by molar-refractivity contribution is -0.129. The zero-order valence-corrected chi connectivity index (χ0v) is 17.8. The van der Waals surface area contributed by atoms with Gasteiger partial charge in [0.2, 0.25) is 15.9 Å². The summed E-state index contributed by atoms with van der Waals surface area (Å²) in [7, 11) is -3.26. The largest absolute Gasteiger partial charge is 0.340 e. The second kappa shape index (κ2) is 11.7. The fraction of sp³-hybridized carbons (Fsp3) is 0.632. The van der Waals surface area contributed by atoms with E-state index in [0.29, 0.717) is 45.7 Å². The van der Waals surface area contributed by atoms with E-state index in [1.54, 1.807) is 17.3 Å². The Hall–Kier alpha value is -2.20. The Bertz CT molecular complexity index is 749. The third kappa shape index (κ3) is 8.36. The number of amides is 3. The van der Waals surface area contributed by atoms with E-state index in [1.807, 2.05) is 12.1 Å². The van der Waals surface area contributed by atoms with Crippen LogP contribution in [0.3, 0.4) is 0 Å². The number of nitrogens with one attached hydrogen (secondary N) is 2. The van der Waals surface area contributed by atoms with Gasteiger partial charge in [-0.2, -0.15) is 4.31 Å². The molecule has 0 atom stereocenters. The summed E-state index contributed by atoms with van der Waals surface area (Å²) in [6.45, 7) is 4.16. The number of unbranched alkanes of at least 4 members (excludes halogenated alkanes) is 3. The molecule has 29 heavy (non-hydrogen) atoms. The molecule has 0 radical (unpaired) electrons. The topological polar surface area (TPSA) is 112 Å². The summed E-state index contributed by atoms with van der Waals surface area (Å²) in [6.07, 6.45) is 6.45. The van der Waals surface area contributed by atoms with Crippen molar-refractivity contribution in [2.24, 2.45) is 0 Å². The Morgan fingerprint density at radius 1 is 1.07 bits per heavy atom. The van der Waals surface area contributed by atoms with E-state index in [0.717, 1.165) is 24.8 Å². The van der Waals surface area contributed by atoms with Crippen molar-refractivity contribution in [2.75, 3.05) is 38.5 Å². The van der Waals surface area contributed by atoms with Crippen molar-refractivity contribution >= 4 is 22.0 Å². The lowest BCUT2D eigenvalue weighted by Gasteiger charge is -2.33. The molecule has 0 spiro atoms. The van der Waals surface area contributed by atoms with E-state index >= 15 is 0 Å². The van der Waals surface area contributed by atoms with Gasteiger partial charge in [-0.25, -0.2) is 13.2 Å². The summed E-state index contributed by atoms with van der Waals surface area (Å²) in [5, 5.41) is 5.56. The SMILES string of the molecule is CC(=O)N1CCN(S(=O)(=O)CCCCCCNC(=O)NCc2cccnc2)CC1. The van der Waals surface area contributed by atoms with Gasteiger partial charge in [-0.15, -0.1) is 0 Å². The minimum Gasteiger partial charge on any atom is -0.340 e. The molecule has 1 aliphatic heterocycles. The third-order valence-electron chi connectivity index (χ3n) is 4.87. The normalized spacial score (nSPS) is 15.1. The lowest BCUT2D eigenvalue weighted by atomic mass is 10.2. The van der Waals surface area contributed by atoms with Crippen molar-refractivity contribution in [3.05, 3.63) is 30.1 Å². The molecular formula is C19H31N5O4S. The van der Waals surface area contributed by atoms with Crippen LogP contribution in [0.1, 0.15) is 38.2 Å². The predicted molar refractivity (Wildman–Crippen MR) is 111 cm³/mol. The minimum atomic E-state index is -3.26. The molecule has 0 saturated carbocycles. The van der Waals surface area contributed by atoms with Crippen LogP contribution in [0, 0.1) is 0 Å². The number of pyridine rings is 1. The average Bonchev–Trinajstić information content (AvgIpc) is 2.72. The Kier molecular flexibility index (Phi) is 9.33. The molecule has 1 aromatic heterocycles. The van der Waals surface area contributed by atoms with Gasteiger partial charge < -0.3 is 15.5 Å². The van der Waals surface area contributed by atoms with Gasteiger partial charge in [0, 0.05) is 58.6 Å². The van der Waals surface area contributed by atoms with Crippen LogP contribution in [0.4, 0.5) is 4.79 Å². The molecule has 1 aliphatic rings. The maximum absolute atomic E-state index is 12.4. The fourth-order valence-electron chi connectivity index (χ4n) is 3.12. The molecule has 0 unspecified atom stereocenters. The zero-order valence-electron chi connectivity index (χ0n) is 17.0. The van der Waals surface area contributed by atoms with Crippen LogP contribution in [0.2, 0.25) is 0 Å². The number of carbonyl (C=O) groups is 2. The average molecular weight is 426 g/mol.